The second-order valence-corrected chi connectivity index (χ2v) is 7.82. The maximum absolute atomic E-state index is 12.4. The van der Waals surface area contributed by atoms with Gasteiger partial charge in [0.1, 0.15) is 5.75 Å². The summed E-state index contributed by atoms with van der Waals surface area (Å²) in [4.78, 5) is 12.4. The topological polar surface area (TPSA) is 94.7 Å². The minimum absolute atomic E-state index is 0.218. The number of hydrogen-bond acceptors (Lipinski definition) is 5. The lowest BCUT2D eigenvalue weighted by Gasteiger charge is -2.08. The van der Waals surface area contributed by atoms with E-state index >= 15 is 0 Å². The molecule has 3 aromatic rings. The third-order valence-corrected chi connectivity index (χ3v) is 5.76. The quantitative estimate of drug-likeness (QED) is 0.644. The second kappa shape index (κ2) is 6.58. The Bertz CT molecular complexity index is 1120. The van der Waals surface area contributed by atoms with E-state index in [0.717, 1.165) is 17.7 Å². The van der Waals surface area contributed by atoms with Crippen LogP contribution < -0.4 is 15.1 Å². The molecule has 0 radical (unpaired) electrons. The predicted molar refractivity (Wildman–Crippen MR) is 94.9 cm³/mol. The predicted octanol–water partition coefficient (Wildman–Crippen LogP) is 0.799. The molecule has 1 aliphatic rings. The lowest BCUT2D eigenvalue weighted by Crippen LogP contribution is -2.27. The average molecular weight is 374 g/mol. The Labute approximate surface area is 150 Å². The number of sulfonamides is 1. The summed E-state index contributed by atoms with van der Waals surface area (Å²) in [6.07, 6.45) is 2.83. The fourth-order valence-electron chi connectivity index (χ4n) is 2.96. The van der Waals surface area contributed by atoms with Crippen molar-refractivity contribution in [2.75, 3.05) is 13.2 Å². The fraction of sp³-hybridized carbons (Fsp3) is 0.294. The first-order chi connectivity index (χ1) is 12.5. The Morgan fingerprint density at radius 3 is 2.96 bits per heavy atom. The van der Waals surface area contributed by atoms with E-state index in [1.807, 2.05) is 6.07 Å². The highest BCUT2D eigenvalue weighted by Gasteiger charge is 2.19. The van der Waals surface area contributed by atoms with E-state index in [9.17, 15) is 13.2 Å². The summed E-state index contributed by atoms with van der Waals surface area (Å²) in [5.41, 5.74) is 1.24. The molecule has 0 unspecified atom stereocenters. The smallest absolute Gasteiger partial charge is 0.350 e. The molecule has 1 aliphatic heterocycles. The van der Waals surface area contributed by atoms with Crippen molar-refractivity contribution in [1.82, 2.24) is 18.9 Å². The Hall–Kier alpha value is -2.65. The molecule has 1 aromatic carbocycles. The van der Waals surface area contributed by atoms with Crippen LogP contribution in [0.25, 0.3) is 5.65 Å². The van der Waals surface area contributed by atoms with Crippen molar-refractivity contribution in [2.45, 2.75) is 24.3 Å². The van der Waals surface area contributed by atoms with Gasteiger partial charge in [0.05, 0.1) is 11.5 Å². The Morgan fingerprint density at radius 1 is 1.23 bits per heavy atom. The fourth-order valence-corrected chi connectivity index (χ4v) is 4.09. The molecule has 0 bridgehead atoms. The number of aromatic nitrogens is 3. The molecule has 0 saturated carbocycles. The maximum Gasteiger partial charge on any atom is 0.350 e. The molecule has 0 aliphatic carbocycles. The minimum atomic E-state index is -3.59. The van der Waals surface area contributed by atoms with Gasteiger partial charge in [0.2, 0.25) is 10.0 Å². The van der Waals surface area contributed by atoms with Crippen molar-refractivity contribution in [2.24, 2.45) is 0 Å². The normalized spacial score (nSPS) is 13.7. The summed E-state index contributed by atoms with van der Waals surface area (Å²) in [5, 5.41) is 4.22. The molecule has 8 nitrogen and oxygen atoms in total. The molecule has 9 heteroatoms. The van der Waals surface area contributed by atoms with Crippen LogP contribution in [0.1, 0.15) is 12.0 Å². The van der Waals surface area contributed by atoms with Crippen LogP contribution in [0.3, 0.4) is 0 Å². The van der Waals surface area contributed by atoms with Gasteiger partial charge in [0, 0.05) is 25.7 Å². The van der Waals surface area contributed by atoms with Gasteiger partial charge in [-0.05, 0) is 42.3 Å². The van der Waals surface area contributed by atoms with E-state index in [1.165, 1.54) is 9.08 Å². The third-order valence-electron chi connectivity index (χ3n) is 4.30. The van der Waals surface area contributed by atoms with Gasteiger partial charge < -0.3 is 4.74 Å². The Morgan fingerprint density at radius 2 is 2.12 bits per heavy atom. The van der Waals surface area contributed by atoms with E-state index in [2.05, 4.69) is 9.82 Å². The molecule has 0 atom stereocenters. The van der Waals surface area contributed by atoms with Gasteiger partial charge in [-0.3, -0.25) is 4.40 Å². The molecular formula is C17H18N4O4S. The van der Waals surface area contributed by atoms with Crippen LogP contribution in [0, 0.1) is 0 Å². The van der Waals surface area contributed by atoms with Gasteiger partial charge in [0.15, 0.2) is 5.65 Å². The van der Waals surface area contributed by atoms with Crippen molar-refractivity contribution in [3.63, 3.8) is 0 Å². The lowest BCUT2D eigenvalue weighted by atomic mass is 10.2. The number of benzene rings is 1. The van der Waals surface area contributed by atoms with Crippen LogP contribution in [-0.4, -0.2) is 35.8 Å². The number of nitrogens with one attached hydrogen (secondary N) is 1. The Balaban J connectivity index is 1.39. The monoisotopic (exact) mass is 374 g/mol. The van der Waals surface area contributed by atoms with Crippen molar-refractivity contribution in [1.29, 1.82) is 0 Å². The first-order valence-corrected chi connectivity index (χ1v) is 9.82. The highest BCUT2D eigenvalue weighted by Crippen LogP contribution is 2.27. The summed E-state index contributed by atoms with van der Waals surface area (Å²) in [7, 11) is -3.59. The first kappa shape index (κ1) is 16.8. The average Bonchev–Trinajstić information content (AvgIpc) is 3.23. The van der Waals surface area contributed by atoms with Crippen LogP contribution in [0.15, 0.2) is 52.3 Å². The van der Waals surface area contributed by atoms with Crippen LogP contribution in [-0.2, 0) is 23.0 Å². The van der Waals surface area contributed by atoms with Crippen LogP contribution in [0.4, 0.5) is 0 Å². The zero-order chi connectivity index (χ0) is 18.1. The molecule has 4 rings (SSSR count). The molecule has 0 spiro atoms. The Kier molecular flexibility index (Phi) is 4.25. The molecule has 0 fully saturated rings. The zero-order valence-electron chi connectivity index (χ0n) is 14.0. The van der Waals surface area contributed by atoms with Gasteiger partial charge in [-0.1, -0.05) is 6.07 Å². The molecule has 0 amide bonds. The van der Waals surface area contributed by atoms with Gasteiger partial charge in [-0.15, -0.1) is 5.10 Å². The number of aryl methyl sites for hydroxylation is 1. The van der Waals surface area contributed by atoms with E-state index < -0.39 is 10.0 Å². The molecular weight excluding hydrogens is 356 g/mol. The maximum atomic E-state index is 12.4. The molecule has 3 heterocycles. The molecule has 2 aromatic heterocycles. The molecule has 1 N–H and O–H groups in total. The number of pyridine rings is 1. The first-order valence-electron chi connectivity index (χ1n) is 8.34. The second-order valence-electron chi connectivity index (χ2n) is 6.05. The number of hydrogen-bond donors (Lipinski definition) is 1. The van der Waals surface area contributed by atoms with Crippen LogP contribution in [0.2, 0.25) is 0 Å². The molecule has 26 heavy (non-hydrogen) atoms. The molecule has 136 valence electrons. The van der Waals surface area contributed by atoms with Crippen molar-refractivity contribution < 1.29 is 13.2 Å². The number of fused-ring (bicyclic) bond motifs is 2. The lowest BCUT2D eigenvalue weighted by molar-refractivity contribution is 0.356. The van der Waals surface area contributed by atoms with Gasteiger partial charge in [-0.25, -0.2) is 22.6 Å². The van der Waals surface area contributed by atoms with Gasteiger partial charge in [-0.2, -0.15) is 0 Å². The summed E-state index contributed by atoms with van der Waals surface area (Å²) in [5.74, 6) is 0.746. The van der Waals surface area contributed by atoms with Crippen molar-refractivity contribution >= 4 is 15.7 Å². The van der Waals surface area contributed by atoms with Gasteiger partial charge in [0.25, 0.3) is 0 Å². The summed E-state index contributed by atoms with van der Waals surface area (Å²) >= 11 is 0. The van der Waals surface area contributed by atoms with Crippen LogP contribution in [0.5, 0.6) is 5.75 Å². The van der Waals surface area contributed by atoms with E-state index in [1.54, 1.807) is 36.5 Å². The van der Waals surface area contributed by atoms with Gasteiger partial charge >= 0.3 is 5.69 Å². The number of rotatable bonds is 6. The highest BCUT2D eigenvalue weighted by atomic mass is 32.2. The van der Waals surface area contributed by atoms with E-state index in [4.69, 9.17) is 4.74 Å². The zero-order valence-corrected chi connectivity index (χ0v) is 14.8. The number of nitrogens with zero attached hydrogens (tertiary/aromatic N) is 3. The van der Waals surface area contributed by atoms with E-state index in [-0.39, 0.29) is 17.1 Å². The molecule has 0 saturated heterocycles. The standard InChI is InChI=1S/C17H18N4O4S/c22-17-20-9-2-1-4-16(20)19-21(17)10-3-8-18-26(23,24)14-5-6-15-13(12-14)7-11-25-15/h1-2,4-6,9,12,18H,3,7-8,10-11H2. The van der Waals surface area contributed by atoms with Crippen molar-refractivity contribution in [3.8, 4) is 5.75 Å². The van der Waals surface area contributed by atoms with E-state index in [0.29, 0.717) is 25.2 Å². The number of ether oxygens (including phenoxy) is 1. The summed E-state index contributed by atoms with van der Waals surface area (Å²) in [6.45, 7) is 1.14. The third kappa shape index (κ3) is 3.11. The summed E-state index contributed by atoms with van der Waals surface area (Å²) < 4.78 is 35.6. The van der Waals surface area contributed by atoms with Crippen molar-refractivity contribution in [3.05, 3.63) is 58.6 Å². The largest absolute Gasteiger partial charge is 0.493 e. The van der Waals surface area contributed by atoms with Crippen LogP contribution >= 0.6 is 0 Å². The minimum Gasteiger partial charge on any atom is -0.493 e. The SMILES string of the molecule is O=c1n(CCCNS(=O)(=O)c2ccc3c(c2)CCO3)nc2ccccn12. The summed E-state index contributed by atoms with van der Waals surface area (Å²) in [6, 6.07) is 10.2. The highest BCUT2D eigenvalue weighted by molar-refractivity contribution is 7.89.